The highest BCUT2D eigenvalue weighted by atomic mass is 32.1. The van der Waals surface area contributed by atoms with E-state index >= 15 is 0 Å². The summed E-state index contributed by atoms with van der Waals surface area (Å²) in [5, 5.41) is 20.0. The number of anilines is 1. The molecular formula is C9H13N5OS. The van der Waals surface area contributed by atoms with Crippen molar-refractivity contribution < 1.29 is 4.79 Å². The molecule has 1 aromatic rings. The minimum absolute atomic E-state index is 0.189. The largest absolute Gasteiger partial charge is 0.363 e. The fraction of sp³-hybridized carbons (Fsp3) is 0.556. The van der Waals surface area contributed by atoms with Gasteiger partial charge >= 0.3 is 0 Å². The van der Waals surface area contributed by atoms with Gasteiger partial charge in [-0.3, -0.25) is 4.79 Å². The van der Waals surface area contributed by atoms with Gasteiger partial charge in [-0.1, -0.05) is 11.3 Å². The van der Waals surface area contributed by atoms with E-state index in [0.29, 0.717) is 16.7 Å². The van der Waals surface area contributed by atoms with Crippen LogP contribution in [0.1, 0.15) is 16.7 Å². The molecule has 1 atom stereocenters. The lowest BCUT2D eigenvalue weighted by atomic mass is 10.2. The summed E-state index contributed by atoms with van der Waals surface area (Å²) in [7, 11) is 3.37. The van der Waals surface area contributed by atoms with Gasteiger partial charge in [0.1, 0.15) is 0 Å². The topological polar surface area (TPSA) is 81.9 Å². The van der Waals surface area contributed by atoms with Crippen LogP contribution in [0.3, 0.4) is 0 Å². The van der Waals surface area contributed by atoms with Crippen LogP contribution in [0.2, 0.25) is 0 Å². The molecule has 86 valence electrons. The molecular weight excluding hydrogens is 226 g/mol. The van der Waals surface area contributed by atoms with Crippen LogP contribution in [0, 0.1) is 17.2 Å². The van der Waals surface area contributed by atoms with Gasteiger partial charge in [0.25, 0.3) is 5.91 Å². The first-order chi connectivity index (χ1) is 7.58. The van der Waals surface area contributed by atoms with Crippen LogP contribution in [0.4, 0.5) is 5.13 Å². The quantitative estimate of drug-likeness (QED) is 0.840. The molecule has 0 aliphatic rings. The Morgan fingerprint density at radius 1 is 1.69 bits per heavy atom. The van der Waals surface area contributed by atoms with E-state index in [1.54, 1.807) is 21.0 Å². The zero-order valence-corrected chi connectivity index (χ0v) is 10.2. The second-order valence-electron chi connectivity index (χ2n) is 3.38. The lowest BCUT2D eigenvalue weighted by molar-refractivity contribution is 0.0784. The molecule has 1 N–H and O–H groups in total. The average Bonchev–Trinajstić information content (AvgIpc) is 2.76. The number of hydrogen-bond acceptors (Lipinski definition) is 6. The van der Waals surface area contributed by atoms with Crippen molar-refractivity contribution in [3.63, 3.8) is 0 Å². The molecule has 0 fully saturated rings. The molecule has 0 saturated carbocycles. The maximum absolute atomic E-state index is 11.8. The van der Waals surface area contributed by atoms with Crippen LogP contribution in [0.15, 0.2) is 0 Å². The standard InChI is InChI=1S/C9H13N5OS/c1-6(4-10)5-14(3)8(15)7-12-13-9(11-2)16-7/h6H,5H2,1-3H3,(H,11,13). The van der Waals surface area contributed by atoms with Crippen LogP contribution in [0.25, 0.3) is 0 Å². The second-order valence-corrected chi connectivity index (χ2v) is 4.36. The second kappa shape index (κ2) is 5.42. The van der Waals surface area contributed by atoms with Crippen LogP contribution in [0.5, 0.6) is 0 Å². The predicted octanol–water partition coefficient (Wildman–Crippen LogP) is 0.811. The molecule has 1 rings (SSSR count). The van der Waals surface area contributed by atoms with Gasteiger partial charge in [0.05, 0.1) is 12.0 Å². The first kappa shape index (κ1) is 12.4. The summed E-state index contributed by atoms with van der Waals surface area (Å²) in [4.78, 5) is 13.3. The van der Waals surface area contributed by atoms with E-state index in [4.69, 9.17) is 5.26 Å². The van der Waals surface area contributed by atoms with Crippen molar-refractivity contribution in [2.75, 3.05) is 26.0 Å². The van der Waals surface area contributed by atoms with Gasteiger partial charge in [0, 0.05) is 20.6 Å². The molecule has 6 nitrogen and oxygen atoms in total. The Labute approximate surface area is 97.9 Å². The highest BCUT2D eigenvalue weighted by Crippen LogP contribution is 2.15. The van der Waals surface area contributed by atoms with Crippen LogP contribution in [-0.2, 0) is 0 Å². The first-order valence-electron chi connectivity index (χ1n) is 4.74. The summed E-state index contributed by atoms with van der Waals surface area (Å²) in [6.07, 6.45) is 0. The number of hydrogen-bond donors (Lipinski definition) is 1. The normalized spacial score (nSPS) is 11.6. The lowest BCUT2D eigenvalue weighted by Gasteiger charge is -2.16. The van der Waals surface area contributed by atoms with Gasteiger partial charge < -0.3 is 10.2 Å². The summed E-state index contributed by atoms with van der Waals surface area (Å²) in [6, 6.07) is 2.08. The van der Waals surface area contributed by atoms with E-state index in [1.807, 2.05) is 0 Å². The number of aromatic nitrogens is 2. The van der Waals surface area contributed by atoms with Crippen molar-refractivity contribution in [3.05, 3.63) is 5.01 Å². The summed E-state index contributed by atoms with van der Waals surface area (Å²) in [5.74, 6) is -0.397. The van der Waals surface area contributed by atoms with Gasteiger partial charge in [-0.25, -0.2) is 0 Å². The van der Waals surface area contributed by atoms with Crippen molar-refractivity contribution in [3.8, 4) is 6.07 Å². The molecule has 0 radical (unpaired) electrons. The monoisotopic (exact) mass is 239 g/mol. The first-order valence-corrected chi connectivity index (χ1v) is 5.56. The molecule has 0 aromatic carbocycles. The number of amides is 1. The molecule has 1 heterocycles. The fourth-order valence-electron chi connectivity index (χ4n) is 1.11. The number of carbonyl (C=O) groups excluding carboxylic acids is 1. The molecule has 0 bridgehead atoms. The molecule has 0 saturated heterocycles. The van der Waals surface area contributed by atoms with Crippen molar-refractivity contribution in [2.45, 2.75) is 6.92 Å². The molecule has 16 heavy (non-hydrogen) atoms. The van der Waals surface area contributed by atoms with Crippen molar-refractivity contribution in [2.24, 2.45) is 5.92 Å². The summed E-state index contributed by atoms with van der Waals surface area (Å²) < 4.78 is 0. The average molecular weight is 239 g/mol. The Hall–Kier alpha value is -1.68. The summed E-state index contributed by atoms with van der Waals surface area (Å²) in [6.45, 7) is 2.16. The van der Waals surface area contributed by atoms with Crippen LogP contribution >= 0.6 is 11.3 Å². The minimum atomic E-state index is -0.207. The Kier molecular flexibility index (Phi) is 4.19. The predicted molar refractivity (Wildman–Crippen MR) is 61.2 cm³/mol. The Balaban J connectivity index is 2.67. The van der Waals surface area contributed by atoms with Gasteiger partial charge in [-0.05, 0) is 6.92 Å². The zero-order chi connectivity index (χ0) is 12.1. The molecule has 1 amide bonds. The summed E-state index contributed by atoms with van der Waals surface area (Å²) >= 11 is 1.20. The Morgan fingerprint density at radius 3 is 2.88 bits per heavy atom. The number of carbonyl (C=O) groups is 1. The third-order valence-electron chi connectivity index (χ3n) is 1.94. The van der Waals surface area contributed by atoms with Crippen molar-refractivity contribution in [1.82, 2.24) is 15.1 Å². The van der Waals surface area contributed by atoms with Crippen molar-refractivity contribution in [1.29, 1.82) is 5.26 Å². The smallest absolute Gasteiger partial charge is 0.284 e. The maximum Gasteiger partial charge on any atom is 0.284 e. The van der Waals surface area contributed by atoms with E-state index in [1.165, 1.54) is 16.2 Å². The lowest BCUT2D eigenvalue weighted by Crippen LogP contribution is -2.30. The highest BCUT2D eigenvalue weighted by molar-refractivity contribution is 7.17. The van der Waals surface area contributed by atoms with E-state index < -0.39 is 0 Å². The molecule has 0 aliphatic carbocycles. The van der Waals surface area contributed by atoms with Gasteiger partial charge in [0.15, 0.2) is 0 Å². The Bertz CT molecular complexity index is 410. The highest BCUT2D eigenvalue weighted by Gasteiger charge is 2.18. The van der Waals surface area contributed by atoms with Crippen molar-refractivity contribution >= 4 is 22.4 Å². The van der Waals surface area contributed by atoms with E-state index in [0.717, 1.165) is 0 Å². The maximum atomic E-state index is 11.8. The molecule has 0 spiro atoms. The third-order valence-corrected chi connectivity index (χ3v) is 2.87. The van der Waals surface area contributed by atoms with E-state index in [-0.39, 0.29) is 11.8 Å². The number of nitrogens with one attached hydrogen (secondary N) is 1. The SMILES string of the molecule is CNc1nnc(C(=O)N(C)CC(C)C#N)s1. The fourth-order valence-corrected chi connectivity index (χ4v) is 1.80. The molecule has 1 aromatic heterocycles. The zero-order valence-electron chi connectivity index (χ0n) is 9.39. The Morgan fingerprint density at radius 2 is 2.38 bits per heavy atom. The van der Waals surface area contributed by atoms with Gasteiger partial charge in [0.2, 0.25) is 10.1 Å². The number of nitriles is 1. The van der Waals surface area contributed by atoms with Gasteiger partial charge in [-0.15, -0.1) is 10.2 Å². The van der Waals surface area contributed by atoms with Crippen LogP contribution in [-0.4, -0.2) is 41.6 Å². The summed E-state index contributed by atoms with van der Waals surface area (Å²) in [5.41, 5.74) is 0. The van der Waals surface area contributed by atoms with E-state index in [2.05, 4.69) is 21.6 Å². The molecule has 0 aliphatic heterocycles. The number of rotatable bonds is 4. The minimum Gasteiger partial charge on any atom is -0.363 e. The van der Waals surface area contributed by atoms with E-state index in [9.17, 15) is 4.79 Å². The third kappa shape index (κ3) is 2.90. The van der Waals surface area contributed by atoms with Crippen LogP contribution < -0.4 is 5.32 Å². The van der Waals surface area contributed by atoms with Gasteiger partial charge in [-0.2, -0.15) is 5.26 Å². The number of nitrogens with zero attached hydrogens (tertiary/aromatic N) is 4. The molecule has 1 unspecified atom stereocenters. The molecule has 7 heteroatoms.